The van der Waals surface area contributed by atoms with Crippen LogP contribution in [0.2, 0.25) is 0 Å². The summed E-state index contributed by atoms with van der Waals surface area (Å²) in [6.07, 6.45) is 0. The van der Waals surface area contributed by atoms with E-state index in [-0.39, 0.29) is 0 Å². The quantitative estimate of drug-likeness (QED) is 0.687. The first kappa shape index (κ1) is 10.7. The van der Waals surface area contributed by atoms with Crippen LogP contribution < -0.4 is 10.5 Å². The molecular formula is C9H11FINO. The van der Waals surface area contributed by atoms with Gasteiger partial charge in [-0.2, -0.15) is 4.39 Å². The highest BCUT2D eigenvalue weighted by molar-refractivity contribution is 14.1. The molecule has 2 nitrogen and oxygen atoms in total. The maximum atomic E-state index is 13.0. The molecule has 0 radical (unpaired) electrons. The van der Waals surface area contributed by atoms with Gasteiger partial charge in [0.15, 0.2) is 0 Å². The predicted octanol–water partition coefficient (Wildman–Crippen LogP) is 2.60. The Labute approximate surface area is 90.4 Å². The number of alkyl halides is 2. The summed E-state index contributed by atoms with van der Waals surface area (Å²) in [6.45, 7) is 1.84. The van der Waals surface area contributed by atoms with Crippen molar-refractivity contribution in [1.82, 2.24) is 0 Å². The van der Waals surface area contributed by atoms with E-state index in [0.29, 0.717) is 12.3 Å². The molecule has 0 saturated heterocycles. The molecule has 0 bridgehead atoms. The highest BCUT2D eigenvalue weighted by Gasteiger charge is 2.18. The van der Waals surface area contributed by atoms with E-state index in [1.165, 1.54) is 6.92 Å². The Bertz CT molecular complexity index is 268. The number of ether oxygens (including phenoxy) is 1. The van der Waals surface area contributed by atoms with Crippen LogP contribution in [0.25, 0.3) is 0 Å². The van der Waals surface area contributed by atoms with E-state index in [0.717, 1.165) is 5.56 Å². The molecule has 1 atom stereocenters. The molecule has 0 heterocycles. The van der Waals surface area contributed by atoms with Crippen molar-refractivity contribution in [2.24, 2.45) is 5.73 Å². The molecule has 4 heteroatoms. The summed E-state index contributed by atoms with van der Waals surface area (Å²) in [5.41, 5.74) is 6.41. The molecule has 0 aliphatic rings. The molecule has 1 unspecified atom stereocenters. The number of halogens is 2. The molecule has 0 aromatic heterocycles. The average molecular weight is 295 g/mol. The Morgan fingerprint density at radius 3 is 2.38 bits per heavy atom. The molecule has 0 fully saturated rings. The summed E-state index contributed by atoms with van der Waals surface area (Å²) in [6, 6.07) is 7.05. The Morgan fingerprint density at radius 2 is 2.00 bits per heavy atom. The molecule has 72 valence electrons. The summed E-state index contributed by atoms with van der Waals surface area (Å²) in [5, 5.41) is 0. The van der Waals surface area contributed by atoms with Crippen LogP contribution >= 0.6 is 22.6 Å². The number of nitrogens with two attached hydrogens (primary N) is 1. The van der Waals surface area contributed by atoms with E-state index in [2.05, 4.69) is 0 Å². The lowest BCUT2D eigenvalue weighted by molar-refractivity contribution is 0.0673. The minimum Gasteiger partial charge on any atom is -0.450 e. The van der Waals surface area contributed by atoms with Gasteiger partial charge in [0.25, 0.3) is 3.86 Å². The van der Waals surface area contributed by atoms with Crippen molar-refractivity contribution in [3.63, 3.8) is 0 Å². The van der Waals surface area contributed by atoms with Gasteiger partial charge in [0, 0.05) is 36.1 Å². The van der Waals surface area contributed by atoms with Crippen LogP contribution in [0.1, 0.15) is 12.5 Å². The lowest BCUT2D eigenvalue weighted by Gasteiger charge is -2.15. The van der Waals surface area contributed by atoms with Crippen molar-refractivity contribution in [1.29, 1.82) is 0 Å². The van der Waals surface area contributed by atoms with Crippen LogP contribution in [-0.2, 0) is 6.54 Å². The summed E-state index contributed by atoms with van der Waals surface area (Å²) >= 11 is 1.58. The van der Waals surface area contributed by atoms with Gasteiger partial charge in [-0.25, -0.2) is 0 Å². The average Bonchev–Trinajstić information content (AvgIpc) is 2.03. The van der Waals surface area contributed by atoms with Gasteiger partial charge in [-0.15, -0.1) is 0 Å². The third kappa shape index (κ3) is 3.91. The predicted molar refractivity (Wildman–Crippen MR) is 58.5 cm³/mol. The van der Waals surface area contributed by atoms with Gasteiger partial charge >= 0.3 is 0 Å². The fourth-order valence-electron chi connectivity index (χ4n) is 0.901. The topological polar surface area (TPSA) is 35.2 Å². The number of rotatable bonds is 3. The maximum absolute atomic E-state index is 13.0. The Kier molecular flexibility index (Phi) is 3.49. The largest absolute Gasteiger partial charge is 0.450 e. The second-order valence-electron chi connectivity index (χ2n) is 2.76. The van der Waals surface area contributed by atoms with E-state index in [1.54, 1.807) is 34.7 Å². The Hall–Kier alpha value is -0.360. The lowest BCUT2D eigenvalue weighted by atomic mass is 10.2. The number of hydrogen-bond acceptors (Lipinski definition) is 2. The first-order valence-corrected chi connectivity index (χ1v) is 4.95. The van der Waals surface area contributed by atoms with Gasteiger partial charge in [0.05, 0.1) is 0 Å². The normalized spacial score (nSPS) is 15.1. The standard InChI is InChI=1S/C9H11FINO/c1-9(10,11)13-8-4-2-7(6-12)3-5-8/h2-5H,6,12H2,1H3. The molecule has 0 saturated carbocycles. The van der Waals surface area contributed by atoms with Gasteiger partial charge in [-0.05, 0) is 17.7 Å². The fourth-order valence-corrected chi connectivity index (χ4v) is 1.15. The van der Waals surface area contributed by atoms with E-state index in [1.807, 2.05) is 12.1 Å². The molecule has 13 heavy (non-hydrogen) atoms. The SMILES string of the molecule is CC(F)(I)Oc1ccc(CN)cc1. The van der Waals surface area contributed by atoms with Gasteiger partial charge in [-0.3, -0.25) is 0 Å². The van der Waals surface area contributed by atoms with Crippen LogP contribution in [0.4, 0.5) is 4.39 Å². The molecular weight excluding hydrogens is 284 g/mol. The van der Waals surface area contributed by atoms with E-state index < -0.39 is 3.86 Å². The smallest absolute Gasteiger partial charge is 0.295 e. The molecule has 0 spiro atoms. The van der Waals surface area contributed by atoms with Gasteiger partial charge in [-0.1, -0.05) is 12.1 Å². The molecule has 0 aliphatic carbocycles. The minimum absolute atomic E-state index is 0.484. The zero-order valence-corrected chi connectivity index (χ0v) is 9.42. The highest BCUT2D eigenvalue weighted by Crippen LogP contribution is 2.25. The minimum atomic E-state index is -1.66. The first-order valence-electron chi connectivity index (χ1n) is 3.87. The van der Waals surface area contributed by atoms with Crippen molar-refractivity contribution in [3.05, 3.63) is 29.8 Å². The zero-order chi connectivity index (χ0) is 9.90. The van der Waals surface area contributed by atoms with Crippen LogP contribution in [0.3, 0.4) is 0 Å². The molecule has 0 aliphatic heterocycles. The number of benzene rings is 1. The van der Waals surface area contributed by atoms with Gasteiger partial charge < -0.3 is 10.5 Å². The molecule has 1 rings (SSSR count). The maximum Gasteiger partial charge on any atom is 0.295 e. The fraction of sp³-hybridized carbons (Fsp3) is 0.333. The summed E-state index contributed by atoms with van der Waals surface area (Å²) in [5.74, 6) is 0.511. The zero-order valence-electron chi connectivity index (χ0n) is 7.26. The molecule has 1 aromatic rings. The second-order valence-corrected chi connectivity index (χ2v) is 4.68. The van der Waals surface area contributed by atoms with Gasteiger partial charge in [0.1, 0.15) is 5.75 Å². The first-order chi connectivity index (χ1) is 6.01. The van der Waals surface area contributed by atoms with Crippen molar-refractivity contribution in [2.45, 2.75) is 17.3 Å². The third-order valence-corrected chi connectivity index (χ3v) is 1.68. The summed E-state index contributed by atoms with van der Waals surface area (Å²) in [7, 11) is 0. The second kappa shape index (κ2) is 4.23. The van der Waals surface area contributed by atoms with Crippen LogP contribution in [0.5, 0.6) is 5.75 Å². The van der Waals surface area contributed by atoms with Crippen molar-refractivity contribution < 1.29 is 9.13 Å². The highest BCUT2D eigenvalue weighted by atomic mass is 127. The van der Waals surface area contributed by atoms with Crippen molar-refractivity contribution in [2.75, 3.05) is 0 Å². The molecule has 2 N–H and O–H groups in total. The summed E-state index contributed by atoms with van der Waals surface area (Å²) < 4.78 is 16.3. The monoisotopic (exact) mass is 295 g/mol. The molecule has 1 aromatic carbocycles. The van der Waals surface area contributed by atoms with E-state index >= 15 is 0 Å². The lowest BCUT2D eigenvalue weighted by Crippen LogP contribution is -2.16. The number of hydrogen-bond donors (Lipinski definition) is 1. The van der Waals surface area contributed by atoms with Gasteiger partial charge in [0.2, 0.25) is 0 Å². The van der Waals surface area contributed by atoms with Crippen molar-refractivity contribution >= 4 is 22.6 Å². The Balaban J connectivity index is 2.70. The Morgan fingerprint density at radius 1 is 1.46 bits per heavy atom. The molecule has 0 amide bonds. The van der Waals surface area contributed by atoms with E-state index in [4.69, 9.17) is 10.5 Å². The van der Waals surface area contributed by atoms with Crippen LogP contribution in [0.15, 0.2) is 24.3 Å². The third-order valence-electron chi connectivity index (χ3n) is 1.46. The van der Waals surface area contributed by atoms with E-state index in [9.17, 15) is 4.39 Å². The summed E-state index contributed by atoms with van der Waals surface area (Å²) in [4.78, 5) is 0. The van der Waals surface area contributed by atoms with Crippen LogP contribution in [0, 0.1) is 0 Å². The van der Waals surface area contributed by atoms with Crippen LogP contribution in [-0.4, -0.2) is 3.86 Å². The van der Waals surface area contributed by atoms with Crippen molar-refractivity contribution in [3.8, 4) is 5.75 Å².